The van der Waals surface area contributed by atoms with Crippen molar-refractivity contribution in [2.45, 2.75) is 36.2 Å². The highest BCUT2D eigenvalue weighted by Crippen LogP contribution is 2.34. The van der Waals surface area contributed by atoms with Crippen molar-refractivity contribution in [2.24, 2.45) is 22.2 Å². The maximum atomic E-state index is 12.9. The number of aliphatic imine (C=N–C) groups is 1. The number of nitrogens with one attached hydrogen (secondary N) is 1. The SMILES string of the molecule is COC(=O)[C@H](CCCN=C(N)N)NC(=O)[C@@H](N)Cc1cn(Sc2ccccc2[N+](=O)[O-])c2ccccc12. The van der Waals surface area contributed by atoms with Gasteiger partial charge in [-0.05, 0) is 48.9 Å². The maximum Gasteiger partial charge on any atom is 0.328 e. The summed E-state index contributed by atoms with van der Waals surface area (Å²) in [5.41, 5.74) is 18.4. The average molecular weight is 528 g/mol. The summed E-state index contributed by atoms with van der Waals surface area (Å²) in [6.45, 7) is 0.300. The zero-order valence-electron chi connectivity index (χ0n) is 20.2. The molecule has 3 rings (SSSR count). The Kier molecular flexibility index (Phi) is 9.46. The van der Waals surface area contributed by atoms with Crippen LogP contribution < -0.4 is 22.5 Å². The first-order valence-electron chi connectivity index (χ1n) is 11.4. The summed E-state index contributed by atoms with van der Waals surface area (Å²) in [7, 11) is 1.24. The van der Waals surface area contributed by atoms with E-state index in [9.17, 15) is 19.7 Å². The summed E-state index contributed by atoms with van der Waals surface area (Å²) >= 11 is 1.20. The molecule has 13 heteroatoms. The van der Waals surface area contributed by atoms with Crippen molar-refractivity contribution in [2.75, 3.05) is 13.7 Å². The van der Waals surface area contributed by atoms with E-state index in [1.165, 1.54) is 25.1 Å². The Morgan fingerprint density at radius 1 is 1.19 bits per heavy atom. The molecule has 2 aromatic carbocycles. The van der Waals surface area contributed by atoms with Crippen LogP contribution in [0, 0.1) is 10.1 Å². The first-order chi connectivity index (χ1) is 17.7. The molecule has 12 nitrogen and oxygen atoms in total. The number of rotatable bonds is 12. The number of aromatic nitrogens is 1. The molecule has 0 unspecified atom stereocenters. The van der Waals surface area contributed by atoms with Crippen LogP contribution in [0.5, 0.6) is 0 Å². The van der Waals surface area contributed by atoms with E-state index >= 15 is 0 Å². The van der Waals surface area contributed by atoms with Gasteiger partial charge in [0.15, 0.2) is 5.96 Å². The van der Waals surface area contributed by atoms with E-state index in [1.54, 1.807) is 18.2 Å². The van der Waals surface area contributed by atoms with Crippen LogP contribution in [0.3, 0.4) is 0 Å². The molecule has 196 valence electrons. The third kappa shape index (κ3) is 7.21. The van der Waals surface area contributed by atoms with Gasteiger partial charge in [-0.3, -0.25) is 23.9 Å². The Hall–Kier alpha value is -4.10. The molecule has 3 aromatic rings. The van der Waals surface area contributed by atoms with Gasteiger partial charge in [-0.25, -0.2) is 4.79 Å². The number of nitro benzene ring substituents is 1. The van der Waals surface area contributed by atoms with Crippen molar-refractivity contribution < 1.29 is 19.2 Å². The van der Waals surface area contributed by atoms with Crippen molar-refractivity contribution in [3.63, 3.8) is 0 Å². The minimum absolute atomic E-state index is 0.00315. The van der Waals surface area contributed by atoms with Gasteiger partial charge in [0.2, 0.25) is 5.91 Å². The van der Waals surface area contributed by atoms with Crippen LogP contribution in [0.2, 0.25) is 0 Å². The zero-order chi connectivity index (χ0) is 26.9. The molecule has 0 spiro atoms. The number of ether oxygens (including phenoxy) is 1. The number of para-hydroxylation sites is 2. The van der Waals surface area contributed by atoms with E-state index in [-0.39, 0.29) is 24.5 Å². The van der Waals surface area contributed by atoms with Crippen molar-refractivity contribution in [3.8, 4) is 0 Å². The van der Waals surface area contributed by atoms with Crippen LogP contribution in [-0.4, -0.2) is 52.5 Å². The van der Waals surface area contributed by atoms with Crippen LogP contribution in [0.15, 0.2) is 64.6 Å². The van der Waals surface area contributed by atoms with Crippen molar-refractivity contribution >= 4 is 46.4 Å². The van der Waals surface area contributed by atoms with Gasteiger partial charge in [0.05, 0.1) is 23.6 Å². The number of nitrogens with two attached hydrogens (primary N) is 3. The summed E-state index contributed by atoms with van der Waals surface area (Å²) in [6.07, 6.45) is 2.71. The van der Waals surface area contributed by atoms with Gasteiger partial charge < -0.3 is 27.3 Å². The van der Waals surface area contributed by atoms with Crippen LogP contribution in [0.4, 0.5) is 5.69 Å². The molecule has 0 fully saturated rings. The second-order valence-electron chi connectivity index (χ2n) is 8.16. The number of methoxy groups -OCH3 is 1. The zero-order valence-corrected chi connectivity index (χ0v) is 21.0. The molecular formula is C24H29N7O5S. The van der Waals surface area contributed by atoms with E-state index in [1.807, 2.05) is 34.4 Å². The minimum Gasteiger partial charge on any atom is -0.467 e. The Bertz CT molecular complexity index is 1310. The monoisotopic (exact) mass is 527 g/mol. The van der Waals surface area contributed by atoms with Crippen LogP contribution >= 0.6 is 11.9 Å². The fourth-order valence-electron chi connectivity index (χ4n) is 3.75. The third-order valence-electron chi connectivity index (χ3n) is 5.54. The number of benzene rings is 2. The second-order valence-corrected chi connectivity index (χ2v) is 9.17. The number of carbonyl (C=O) groups is 2. The number of hydrogen-bond acceptors (Lipinski definition) is 8. The lowest BCUT2D eigenvalue weighted by atomic mass is 10.0. The molecule has 0 aliphatic rings. The fourth-order valence-corrected chi connectivity index (χ4v) is 4.78. The highest BCUT2D eigenvalue weighted by atomic mass is 32.2. The van der Waals surface area contributed by atoms with E-state index in [4.69, 9.17) is 21.9 Å². The van der Waals surface area contributed by atoms with Crippen molar-refractivity contribution in [3.05, 3.63) is 70.4 Å². The maximum absolute atomic E-state index is 12.9. The lowest BCUT2D eigenvalue weighted by Gasteiger charge is -2.19. The molecule has 1 heterocycles. The van der Waals surface area contributed by atoms with Gasteiger partial charge in [-0.1, -0.05) is 30.3 Å². The molecule has 2 atom stereocenters. The number of amides is 1. The smallest absolute Gasteiger partial charge is 0.328 e. The molecule has 1 amide bonds. The summed E-state index contributed by atoms with van der Waals surface area (Å²) < 4.78 is 6.62. The lowest BCUT2D eigenvalue weighted by molar-refractivity contribution is -0.387. The molecule has 0 saturated carbocycles. The molecule has 7 N–H and O–H groups in total. The van der Waals surface area contributed by atoms with Gasteiger partial charge in [0.1, 0.15) is 10.9 Å². The molecule has 0 bridgehead atoms. The molecular weight excluding hydrogens is 498 g/mol. The average Bonchev–Trinajstić information content (AvgIpc) is 3.22. The van der Waals surface area contributed by atoms with Gasteiger partial charge in [0, 0.05) is 24.2 Å². The molecule has 37 heavy (non-hydrogen) atoms. The number of fused-ring (bicyclic) bond motifs is 1. The number of carbonyl (C=O) groups excluding carboxylic acids is 2. The summed E-state index contributed by atoms with van der Waals surface area (Å²) in [5.74, 6) is -1.16. The second kappa shape index (κ2) is 12.7. The summed E-state index contributed by atoms with van der Waals surface area (Å²) in [4.78, 5) is 40.4. The van der Waals surface area contributed by atoms with Crippen molar-refractivity contribution in [1.29, 1.82) is 0 Å². The number of nitro groups is 1. The topological polar surface area (TPSA) is 194 Å². The number of esters is 1. The Labute approximate surface area is 217 Å². The highest BCUT2D eigenvalue weighted by molar-refractivity contribution is 7.98. The molecule has 0 saturated heterocycles. The summed E-state index contributed by atoms with van der Waals surface area (Å²) in [6, 6.07) is 12.1. The van der Waals surface area contributed by atoms with E-state index < -0.39 is 28.9 Å². The predicted molar refractivity (Wildman–Crippen MR) is 142 cm³/mol. The van der Waals surface area contributed by atoms with Gasteiger partial charge in [-0.2, -0.15) is 0 Å². The number of hydrogen-bond donors (Lipinski definition) is 4. The van der Waals surface area contributed by atoms with Gasteiger partial charge in [-0.15, -0.1) is 0 Å². The number of nitrogens with zero attached hydrogens (tertiary/aromatic N) is 3. The van der Waals surface area contributed by atoms with Gasteiger partial charge >= 0.3 is 5.97 Å². The Morgan fingerprint density at radius 3 is 2.59 bits per heavy atom. The molecule has 0 aliphatic heterocycles. The first kappa shape index (κ1) is 27.5. The van der Waals surface area contributed by atoms with Crippen LogP contribution in [0.25, 0.3) is 10.9 Å². The lowest BCUT2D eigenvalue weighted by Crippen LogP contribution is -2.49. The Balaban J connectivity index is 1.76. The molecule has 1 aromatic heterocycles. The third-order valence-corrected chi connectivity index (χ3v) is 6.58. The number of guanidine groups is 1. The van der Waals surface area contributed by atoms with E-state index in [0.717, 1.165) is 16.5 Å². The summed E-state index contributed by atoms with van der Waals surface area (Å²) in [5, 5.41) is 15.0. The molecule has 0 aliphatic carbocycles. The van der Waals surface area contributed by atoms with E-state index in [2.05, 4.69) is 10.3 Å². The highest BCUT2D eigenvalue weighted by Gasteiger charge is 2.25. The quantitative estimate of drug-likeness (QED) is 0.0677. The van der Waals surface area contributed by atoms with E-state index in [0.29, 0.717) is 17.9 Å². The normalized spacial score (nSPS) is 12.5. The standard InChI is InChI=1S/C24H29N7O5S/c1-36-23(33)18(8-6-12-28-24(26)27)29-22(32)17(25)13-15-14-30(19-9-3-2-7-16(15)19)37-21-11-5-4-10-20(21)31(34)35/h2-5,7,9-11,14,17-18H,6,8,12-13,25H2,1H3,(H,29,32)(H4,26,27,28)/t17-,18-/m0/s1. The minimum atomic E-state index is -0.958. The van der Waals surface area contributed by atoms with Crippen LogP contribution in [-0.2, 0) is 20.7 Å². The largest absolute Gasteiger partial charge is 0.467 e. The fraction of sp³-hybridized carbons (Fsp3) is 0.292. The van der Waals surface area contributed by atoms with Crippen LogP contribution in [0.1, 0.15) is 18.4 Å². The predicted octanol–water partition coefficient (Wildman–Crippen LogP) is 1.69. The van der Waals surface area contributed by atoms with Crippen molar-refractivity contribution in [1.82, 2.24) is 9.29 Å². The first-order valence-corrected chi connectivity index (χ1v) is 12.2. The molecule has 0 radical (unpaired) electrons. The Morgan fingerprint density at radius 2 is 1.89 bits per heavy atom. The van der Waals surface area contributed by atoms with Gasteiger partial charge in [0.25, 0.3) is 5.69 Å².